The van der Waals surface area contributed by atoms with Crippen molar-refractivity contribution in [2.45, 2.75) is 44.6 Å². The van der Waals surface area contributed by atoms with Crippen LogP contribution in [0.3, 0.4) is 0 Å². The minimum Gasteiger partial charge on any atom is -0.497 e. The highest BCUT2D eigenvalue weighted by atomic mass is 32.2. The Bertz CT molecular complexity index is 851. The van der Waals surface area contributed by atoms with E-state index in [0.717, 1.165) is 29.1 Å². The minimum atomic E-state index is -0.279. The summed E-state index contributed by atoms with van der Waals surface area (Å²) in [6.45, 7) is 6.96. The number of methoxy groups -OCH3 is 1. The summed E-state index contributed by atoms with van der Waals surface area (Å²) in [5.74, 6) is 4.09. The van der Waals surface area contributed by atoms with Gasteiger partial charge >= 0.3 is 0 Å². The molecule has 3 heteroatoms. The van der Waals surface area contributed by atoms with E-state index in [4.69, 9.17) is 9.47 Å². The maximum absolute atomic E-state index is 6.12. The van der Waals surface area contributed by atoms with Gasteiger partial charge in [0.1, 0.15) is 11.9 Å². The highest BCUT2D eigenvalue weighted by Gasteiger charge is 2.09. The fourth-order valence-electron chi connectivity index (χ4n) is 2.61. The van der Waals surface area contributed by atoms with Gasteiger partial charge < -0.3 is 9.47 Å². The van der Waals surface area contributed by atoms with Crippen LogP contribution < -0.4 is 4.74 Å². The summed E-state index contributed by atoms with van der Waals surface area (Å²) < 4.78 is 11.4. The van der Waals surface area contributed by atoms with E-state index in [1.807, 2.05) is 42.5 Å². The molecule has 0 aliphatic heterocycles. The molecule has 0 heterocycles. The van der Waals surface area contributed by atoms with Crippen molar-refractivity contribution in [3.05, 3.63) is 83.5 Å². The van der Waals surface area contributed by atoms with Crippen LogP contribution in [0.25, 0.3) is 0 Å². The van der Waals surface area contributed by atoms with Gasteiger partial charge in [-0.05, 0) is 80.5 Å². The molecule has 0 aliphatic carbocycles. The second-order valence-corrected chi connectivity index (χ2v) is 7.90. The van der Waals surface area contributed by atoms with Crippen molar-refractivity contribution in [1.29, 1.82) is 0 Å². The Balaban J connectivity index is 2.03. The van der Waals surface area contributed by atoms with Crippen molar-refractivity contribution < 1.29 is 9.47 Å². The average Bonchev–Trinajstić information content (AvgIpc) is 2.73. The summed E-state index contributed by atoms with van der Waals surface area (Å²) in [6, 6.07) is 18.1. The normalized spacial score (nSPS) is 11.9. The first-order chi connectivity index (χ1) is 14.1. The summed E-state index contributed by atoms with van der Waals surface area (Å²) in [7, 11) is 1.67. The number of ether oxygens (including phenoxy) is 2. The van der Waals surface area contributed by atoms with E-state index >= 15 is 0 Å². The van der Waals surface area contributed by atoms with Crippen LogP contribution in [-0.4, -0.2) is 13.7 Å². The van der Waals surface area contributed by atoms with Gasteiger partial charge in [0.2, 0.25) is 0 Å². The highest BCUT2D eigenvalue weighted by molar-refractivity contribution is 8.03. The van der Waals surface area contributed by atoms with E-state index < -0.39 is 0 Å². The van der Waals surface area contributed by atoms with Crippen molar-refractivity contribution in [2.75, 3.05) is 13.7 Å². The molecule has 0 amide bonds. The van der Waals surface area contributed by atoms with Crippen LogP contribution in [-0.2, 0) is 4.74 Å². The maximum Gasteiger partial charge on any atom is 0.144 e. The monoisotopic (exact) mass is 406 g/mol. The molecule has 29 heavy (non-hydrogen) atoms. The summed E-state index contributed by atoms with van der Waals surface area (Å²) in [4.78, 5) is 1.13. The van der Waals surface area contributed by atoms with Crippen LogP contribution in [0.15, 0.2) is 82.8 Å². The van der Waals surface area contributed by atoms with E-state index in [0.29, 0.717) is 6.61 Å². The molecule has 2 aromatic carbocycles. The summed E-state index contributed by atoms with van der Waals surface area (Å²) >= 11 is 1.52. The standard InChI is InChI=1S/C26H30O2S/c1-21(2)9-8-10-22(3)17-19-28-26(23-13-15-24(27-4)16-14-23)18-20-29-25-11-6-5-7-12-25/h5-7,9,11-17,26H,8,10,19H2,1-4H3/b22-17+. The van der Waals surface area contributed by atoms with E-state index in [1.165, 1.54) is 22.9 Å². The Morgan fingerprint density at radius 1 is 1.00 bits per heavy atom. The molecule has 2 aromatic rings. The molecule has 0 radical (unpaired) electrons. The molecule has 0 aromatic heterocycles. The van der Waals surface area contributed by atoms with Crippen LogP contribution in [0.1, 0.15) is 45.3 Å². The predicted molar refractivity (Wildman–Crippen MR) is 124 cm³/mol. The van der Waals surface area contributed by atoms with Crippen molar-refractivity contribution in [3.63, 3.8) is 0 Å². The van der Waals surface area contributed by atoms with Gasteiger partial charge in [0.25, 0.3) is 0 Å². The van der Waals surface area contributed by atoms with Crippen molar-refractivity contribution in [3.8, 4) is 16.9 Å². The van der Waals surface area contributed by atoms with Crippen molar-refractivity contribution >= 4 is 11.8 Å². The summed E-state index contributed by atoms with van der Waals surface area (Å²) in [6.07, 6.45) is 6.27. The molecule has 0 saturated carbocycles. The predicted octanol–water partition coefficient (Wildman–Crippen LogP) is 7.20. The lowest BCUT2D eigenvalue weighted by Gasteiger charge is -2.12. The zero-order valence-electron chi connectivity index (χ0n) is 17.8. The van der Waals surface area contributed by atoms with Gasteiger partial charge in [0, 0.05) is 4.90 Å². The van der Waals surface area contributed by atoms with Crippen LogP contribution in [0, 0.1) is 11.2 Å². The lowest BCUT2D eigenvalue weighted by Crippen LogP contribution is -2.03. The number of allylic oxidation sites excluding steroid dienone is 3. The lowest BCUT2D eigenvalue weighted by atomic mass is 10.1. The molecule has 0 aliphatic rings. The molecule has 0 spiro atoms. The Morgan fingerprint density at radius 3 is 2.38 bits per heavy atom. The zero-order valence-corrected chi connectivity index (χ0v) is 18.6. The first-order valence-corrected chi connectivity index (χ1v) is 10.7. The second-order valence-electron chi connectivity index (χ2n) is 7.02. The van der Waals surface area contributed by atoms with Gasteiger partial charge in [-0.25, -0.2) is 0 Å². The fraction of sp³-hybridized carbons (Fsp3) is 0.308. The fourth-order valence-corrected chi connectivity index (χ4v) is 3.18. The third kappa shape index (κ3) is 9.09. The topological polar surface area (TPSA) is 18.5 Å². The Labute approximate surface area is 180 Å². The van der Waals surface area contributed by atoms with Crippen molar-refractivity contribution in [2.24, 2.45) is 0 Å². The molecular weight excluding hydrogens is 376 g/mol. The summed E-state index contributed by atoms with van der Waals surface area (Å²) in [5.41, 5.74) is 3.73. The number of thioether (sulfide) groups is 1. The quantitative estimate of drug-likeness (QED) is 0.249. The number of hydrogen-bond donors (Lipinski definition) is 0. The van der Waals surface area contributed by atoms with Crippen LogP contribution in [0.4, 0.5) is 0 Å². The van der Waals surface area contributed by atoms with Crippen LogP contribution >= 0.6 is 11.8 Å². The molecular formula is C26H30O2S. The molecule has 1 unspecified atom stereocenters. The first kappa shape index (κ1) is 22.9. The van der Waals surface area contributed by atoms with Crippen LogP contribution in [0.2, 0.25) is 0 Å². The highest BCUT2D eigenvalue weighted by Crippen LogP contribution is 2.22. The number of hydrogen-bond acceptors (Lipinski definition) is 3. The third-order valence-corrected chi connectivity index (χ3v) is 5.03. The largest absolute Gasteiger partial charge is 0.497 e. The van der Waals surface area contributed by atoms with Crippen LogP contribution in [0.5, 0.6) is 5.75 Å². The molecule has 152 valence electrons. The molecule has 0 bridgehead atoms. The Kier molecular flexibility index (Phi) is 10.2. The van der Waals surface area contributed by atoms with Gasteiger partial charge in [-0.2, -0.15) is 0 Å². The van der Waals surface area contributed by atoms with E-state index in [1.54, 1.807) is 7.11 Å². The molecule has 0 N–H and O–H groups in total. The van der Waals surface area contributed by atoms with Gasteiger partial charge in [-0.3, -0.25) is 0 Å². The van der Waals surface area contributed by atoms with Gasteiger partial charge in [0.05, 0.1) is 13.7 Å². The molecule has 0 saturated heterocycles. The molecule has 2 nitrogen and oxygen atoms in total. The first-order valence-electron chi connectivity index (χ1n) is 9.85. The van der Waals surface area contributed by atoms with E-state index in [2.05, 4.69) is 56.2 Å². The smallest absolute Gasteiger partial charge is 0.144 e. The average molecular weight is 407 g/mol. The number of benzene rings is 2. The second kappa shape index (κ2) is 12.9. The third-order valence-electron chi connectivity index (χ3n) is 4.31. The SMILES string of the molecule is COc1ccc(C(C#CSc2ccccc2)OC/C=C(\C)CCC=C(C)C)cc1. The maximum atomic E-state index is 6.12. The molecule has 0 fully saturated rings. The minimum absolute atomic E-state index is 0.279. The van der Waals surface area contributed by atoms with Gasteiger partial charge in [0.15, 0.2) is 0 Å². The Morgan fingerprint density at radius 2 is 1.72 bits per heavy atom. The summed E-state index contributed by atoms with van der Waals surface area (Å²) in [5, 5.41) is 3.20. The molecule has 1 atom stereocenters. The zero-order chi connectivity index (χ0) is 20.9. The molecule has 2 rings (SSSR count). The van der Waals surface area contributed by atoms with E-state index in [9.17, 15) is 0 Å². The van der Waals surface area contributed by atoms with E-state index in [-0.39, 0.29) is 6.10 Å². The van der Waals surface area contributed by atoms with Crippen molar-refractivity contribution in [1.82, 2.24) is 0 Å². The lowest BCUT2D eigenvalue weighted by molar-refractivity contribution is 0.116. The Hall–Kier alpha value is -2.41. The number of rotatable bonds is 9. The van der Waals surface area contributed by atoms with Gasteiger partial charge in [-0.1, -0.05) is 59.6 Å². The van der Waals surface area contributed by atoms with Gasteiger partial charge in [-0.15, -0.1) is 0 Å².